The van der Waals surface area contributed by atoms with E-state index in [9.17, 15) is 13.2 Å². The summed E-state index contributed by atoms with van der Waals surface area (Å²) in [5, 5.41) is 2.28. The van der Waals surface area contributed by atoms with Crippen LogP contribution in [0, 0.1) is 6.92 Å². The molecular weight excluding hydrogens is 476 g/mol. The third-order valence-corrected chi connectivity index (χ3v) is 10.0. The zero-order valence-corrected chi connectivity index (χ0v) is 20.4. The number of nitrogens with zero attached hydrogens (tertiary/aromatic N) is 4. The molecule has 7 nitrogen and oxygen atoms in total. The highest BCUT2D eigenvalue weighted by Crippen LogP contribution is 2.34. The summed E-state index contributed by atoms with van der Waals surface area (Å²) in [5.74, 6) is -0.269. The van der Waals surface area contributed by atoms with Gasteiger partial charge < -0.3 is 0 Å². The fraction of sp³-hybridized carbons (Fsp3) is 0.261. The zero-order valence-electron chi connectivity index (χ0n) is 17.9. The number of carbonyl (C=O) groups is 1. The molecule has 1 saturated heterocycles. The van der Waals surface area contributed by atoms with Crippen LogP contribution < -0.4 is 4.90 Å². The zero-order chi connectivity index (χ0) is 23.0. The predicted octanol–water partition coefficient (Wildman–Crippen LogP) is 4.45. The number of para-hydroxylation sites is 1. The van der Waals surface area contributed by atoms with Gasteiger partial charge in [-0.1, -0.05) is 35.6 Å². The van der Waals surface area contributed by atoms with E-state index in [1.807, 2.05) is 43.3 Å². The Hall–Kier alpha value is -2.66. The predicted molar refractivity (Wildman–Crippen MR) is 131 cm³/mol. The second kappa shape index (κ2) is 8.94. The van der Waals surface area contributed by atoms with E-state index in [0.29, 0.717) is 30.2 Å². The maximum atomic E-state index is 13.9. The minimum atomic E-state index is -3.74. The van der Waals surface area contributed by atoms with E-state index in [1.165, 1.54) is 27.0 Å². The van der Waals surface area contributed by atoms with Gasteiger partial charge in [0.2, 0.25) is 5.91 Å². The molecule has 10 heteroatoms. The quantitative estimate of drug-likeness (QED) is 0.392. The number of rotatable bonds is 6. The lowest BCUT2D eigenvalue weighted by molar-refractivity contribution is -0.121. The van der Waals surface area contributed by atoms with Gasteiger partial charge in [0.1, 0.15) is 10.3 Å². The molecule has 3 aromatic heterocycles. The lowest BCUT2D eigenvalue weighted by Crippen LogP contribution is -2.47. The average molecular weight is 499 g/mol. The van der Waals surface area contributed by atoms with Crippen molar-refractivity contribution in [2.45, 2.75) is 36.6 Å². The number of hydrogen-bond acceptors (Lipinski definition) is 7. The van der Waals surface area contributed by atoms with E-state index < -0.39 is 16.1 Å². The molecule has 1 amide bonds. The Morgan fingerprint density at radius 3 is 2.79 bits per heavy atom. The smallest absolute Gasteiger partial charge is 0.253 e. The summed E-state index contributed by atoms with van der Waals surface area (Å²) < 4.78 is 29.1. The number of thiophene rings is 1. The van der Waals surface area contributed by atoms with Crippen molar-refractivity contribution in [1.29, 1.82) is 0 Å². The normalized spacial score (nSPS) is 16.9. The van der Waals surface area contributed by atoms with Crippen LogP contribution in [-0.2, 0) is 21.4 Å². The van der Waals surface area contributed by atoms with Crippen LogP contribution in [0.25, 0.3) is 10.2 Å². The van der Waals surface area contributed by atoms with Gasteiger partial charge in [0.25, 0.3) is 10.0 Å². The molecule has 1 aliphatic rings. The molecule has 0 unspecified atom stereocenters. The van der Waals surface area contributed by atoms with Crippen molar-refractivity contribution in [3.8, 4) is 0 Å². The van der Waals surface area contributed by atoms with E-state index in [0.717, 1.165) is 15.8 Å². The van der Waals surface area contributed by atoms with Crippen LogP contribution in [0.1, 0.15) is 24.1 Å². The van der Waals surface area contributed by atoms with Crippen molar-refractivity contribution in [3.05, 3.63) is 71.4 Å². The number of pyridine rings is 1. The third kappa shape index (κ3) is 4.19. The number of carbonyl (C=O) groups excluding carboxylic acids is 1. The summed E-state index contributed by atoms with van der Waals surface area (Å²) in [5.41, 5.74) is 2.60. The Morgan fingerprint density at radius 1 is 1.18 bits per heavy atom. The highest BCUT2D eigenvalue weighted by Gasteiger charge is 2.42. The highest BCUT2D eigenvalue weighted by molar-refractivity contribution is 7.91. The Labute approximate surface area is 200 Å². The number of fused-ring (bicyclic) bond motifs is 1. The second-order valence-electron chi connectivity index (χ2n) is 7.87. The molecule has 1 atom stereocenters. The van der Waals surface area contributed by atoms with Gasteiger partial charge in [-0.2, -0.15) is 4.31 Å². The first-order valence-corrected chi connectivity index (χ1v) is 13.7. The first-order valence-electron chi connectivity index (χ1n) is 10.6. The molecule has 0 N–H and O–H groups in total. The fourth-order valence-corrected chi connectivity index (χ4v) is 7.88. The molecule has 33 heavy (non-hydrogen) atoms. The topological polar surface area (TPSA) is 83.5 Å². The number of aryl methyl sites for hydroxylation is 1. The summed E-state index contributed by atoms with van der Waals surface area (Å²) in [6, 6.07) is 14.0. The van der Waals surface area contributed by atoms with Crippen molar-refractivity contribution >= 4 is 54.0 Å². The van der Waals surface area contributed by atoms with Crippen LogP contribution in [0.15, 0.2) is 64.3 Å². The lowest BCUT2D eigenvalue weighted by atomic mass is 10.2. The van der Waals surface area contributed by atoms with Crippen molar-refractivity contribution in [1.82, 2.24) is 14.3 Å². The molecule has 4 aromatic rings. The number of sulfonamides is 1. The molecule has 0 radical (unpaired) electrons. The third-order valence-electron chi connectivity index (χ3n) is 5.70. The number of hydrogen-bond donors (Lipinski definition) is 0. The van der Waals surface area contributed by atoms with E-state index in [4.69, 9.17) is 4.98 Å². The number of thiazole rings is 1. The number of amides is 1. The minimum Gasteiger partial charge on any atom is -0.281 e. The van der Waals surface area contributed by atoms with Gasteiger partial charge in [-0.25, -0.2) is 13.4 Å². The molecule has 1 aromatic carbocycles. The summed E-state index contributed by atoms with van der Waals surface area (Å²) in [6.07, 6.45) is 2.80. The van der Waals surface area contributed by atoms with Crippen LogP contribution in [0.4, 0.5) is 5.13 Å². The van der Waals surface area contributed by atoms with Gasteiger partial charge in [-0.05, 0) is 55.0 Å². The molecule has 0 saturated carbocycles. The molecule has 170 valence electrons. The first-order chi connectivity index (χ1) is 15.9. The monoisotopic (exact) mass is 498 g/mol. The van der Waals surface area contributed by atoms with E-state index in [-0.39, 0.29) is 16.7 Å². The second-order valence-corrected chi connectivity index (χ2v) is 11.9. The maximum Gasteiger partial charge on any atom is 0.253 e. The SMILES string of the molecule is Cc1cccc2sc(N(Cc3ccccn3)C(=O)[C@@H]3CCCN3S(=O)(=O)c3cccs3)nc12. The Kier molecular flexibility index (Phi) is 6.00. The van der Waals surface area contributed by atoms with Crippen LogP contribution >= 0.6 is 22.7 Å². The van der Waals surface area contributed by atoms with Gasteiger partial charge in [0, 0.05) is 12.7 Å². The lowest BCUT2D eigenvalue weighted by Gasteiger charge is -2.28. The first kappa shape index (κ1) is 22.1. The number of anilines is 1. The van der Waals surface area contributed by atoms with Crippen LogP contribution in [0.3, 0.4) is 0 Å². The summed E-state index contributed by atoms with van der Waals surface area (Å²) in [7, 11) is -3.74. The molecule has 5 rings (SSSR count). The molecule has 1 aliphatic heterocycles. The maximum absolute atomic E-state index is 13.9. The molecule has 4 heterocycles. The van der Waals surface area contributed by atoms with Crippen LogP contribution in [0.5, 0.6) is 0 Å². The van der Waals surface area contributed by atoms with Crippen molar-refractivity contribution in [2.24, 2.45) is 0 Å². The Balaban J connectivity index is 1.54. The highest BCUT2D eigenvalue weighted by atomic mass is 32.2. The van der Waals surface area contributed by atoms with Crippen molar-refractivity contribution < 1.29 is 13.2 Å². The van der Waals surface area contributed by atoms with Crippen LogP contribution in [-0.4, -0.2) is 41.2 Å². The van der Waals surface area contributed by atoms with Gasteiger partial charge in [-0.3, -0.25) is 14.7 Å². The van der Waals surface area contributed by atoms with Gasteiger partial charge >= 0.3 is 0 Å². The summed E-state index contributed by atoms with van der Waals surface area (Å²) in [4.78, 5) is 24.7. The molecule has 1 fully saturated rings. The average Bonchev–Trinajstić information content (AvgIpc) is 3.58. The largest absolute Gasteiger partial charge is 0.281 e. The minimum absolute atomic E-state index is 0.224. The van der Waals surface area contributed by atoms with E-state index in [1.54, 1.807) is 28.6 Å². The van der Waals surface area contributed by atoms with E-state index in [2.05, 4.69) is 4.98 Å². The number of benzene rings is 1. The summed E-state index contributed by atoms with van der Waals surface area (Å²) >= 11 is 2.60. The van der Waals surface area contributed by atoms with Gasteiger partial charge in [0.05, 0.1) is 22.5 Å². The van der Waals surface area contributed by atoms with Crippen LogP contribution in [0.2, 0.25) is 0 Å². The molecule has 0 aliphatic carbocycles. The molecular formula is C23H22N4O3S3. The fourth-order valence-electron chi connectivity index (χ4n) is 4.06. The van der Waals surface area contributed by atoms with E-state index >= 15 is 0 Å². The molecule has 0 bridgehead atoms. The molecule has 0 spiro atoms. The Morgan fingerprint density at radius 2 is 2.06 bits per heavy atom. The van der Waals surface area contributed by atoms with Crippen molar-refractivity contribution in [2.75, 3.05) is 11.4 Å². The number of aromatic nitrogens is 2. The van der Waals surface area contributed by atoms with Gasteiger partial charge in [-0.15, -0.1) is 11.3 Å². The Bertz CT molecular complexity index is 1390. The summed E-state index contributed by atoms with van der Waals surface area (Å²) in [6.45, 7) is 2.54. The van der Waals surface area contributed by atoms with Gasteiger partial charge in [0.15, 0.2) is 5.13 Å². The van der Waals surface area contributed by atoms with Crippen molar-refractivity contribution in [3.63, 3.8) is 0 Å². The standard InChI is InChI=1S/C23H22N4O3S3/c1-16-7-4-10-19-21(16)25-23(32-19)26(15-17-8-2-3-12-24-17)22(28)18-9-5-13-27(18)33(29,30)20-11-6-14-31-20/h2-4,6-8,10-12,14,18H,5,9,13,15H2,1H3/t18-/m0/s1.